The molecule has 5 rings (SSSR count). The molecule has 52 heavy (non-hydrogen) atoms. The van der Waals surface area contributed by atoms with Crippen molar-refractivity contribution in [3.8, 4) is 17.3 Å². The van der Waals surface area contributed by atoms with Gasteiger partial charge in [0, 0.05) is 52.1 Å². The molecule has 0 spiro atoms. The predicted molar refractivity (Wildman–Crippen MR) is 188 cm³/mol. The number of halogens is 3. The summed E-state index contributed by atoms with van der Waals surface area (Å²) in [4.78, 5) is 31.1. The zero-order chi connectivity index (χ0) is 37.6. The minimum absolute atomic E-state index is 0.0163. The second-order valence-electron chi connectivity index (χ2n) is 11.9. The average molecular weight is 751 g/mol. The first-order valence-corrected chi connectivity index (χ1v) is 17.2. The summed E-state index contributed by atoms with van der Waals surface area (Å²) >= 11 is 7.45. The molecule has 2 aromatic heterocycles. The molecule has 0 aliphatic heterocycles. The summed E-state index contributed by atoms with van der Waals surface area (Å²) in [5, 5.41) is 31.0. The first-order chi connectivity index (χ1) is 24.8. The summed E-state index contributed by atoms with van der Waals surface area (Å²) in [6.45, 7) is 2.84. The van der Waals surface area contributed by atoms with E-state index >= 15 is 4.39 Å². The van der Waals surface area contributed by atoms with Crippen molar-refractivity contribution in [2.24, 2.45) is 0 Å². The van der Waals surface area contributed by atoms with Crippen molar-refractivity contribution >= 4 is 40.7 Å². The van der Waals surface area contributed by atoms with Gasteiger partial charge in [0.1, 0.15) is 30.4 Å². The Morgan fingerprint density at radius 1 is 1.17 bits per heavy atom. The monoisotopic (exact) mass is 750 g/mol. The summed E-state index contributed by atoms with van der Waals surface area (Å²) in [6.07, 6.45) is 1.16. The standard InChI is InChI=1S/C36H35ClF2N7O5S/c1-22(34-43-31(18-52-34)25-7-5-24(15-40)6-8-25)36(49,29-14-28(38)11-12-30(29)39)19-46-21-45(20-42-46)23(2)51-35(48)44(4)32-13-27(37)10-9-26(32)17-50-33(47)16-41-3/h5-14,18,20-23,41,49H,16-17,19H2,1-4H3/q+1. The Balaban J connectivity index is 1.36. The maximum absolute atomic E-state index is 15.4. The van der Waals surface area contributed by atoms with Gasteiger partial charge in [-0.3, -0.25) is 9.69 Å². The maximum Gasteiger partial charge on any atom is 0.416 e. The summed E-state index contributed by atoms with van der Waals surface area (Å²) in [7, 11) is 3.10. The molecule has 1 amide bonds. The Morgan fingerprint density at radius 3 is 2.63 bits per heavy atom. The van der Waals surface area contributed by atoms with Crippen LogP contribution in [0.5, 0.6) is 0 Å². The molecule has 0 bridgehead atoms. The molecule has 3 aromatic carbocycles. The Labute approximate surface area is 307 Å². The second-order valence-corrected chi connectivity index (χ2v) is 13.3. The minimum Gasteiger partial charge on any atom is -0.460 e. The molecule has 2 heterocycles. The third-order valence-electron chi connectivity index (χ3n) is 8.40. The number of hydrogen-bond donors (Lipinski definition) is 2. The van der Waals surface area contributed by atoms with E-state index in [2.05, 4.69) is 16.5 Å². The van der Waals surface area contributed by atoms with Gasteiger partial charge in [0.15, 0.2) is 0 Å². The van der Waals surface area contributed by atoms with E-state index in [9.17, 15) is 19.1 Å². The summed E-state index contributed by atoms with van der Waals surface area (Å²) in [5.41, 5.74) is 0.382. The highest BCUT2D eigenvalue weighted by Gasteiger charge is 2.43. The van der Waals surface area contributed by atoms with Crippen LogP contribution in [0.2, 0.25) is 5.02 Å². The van der Waals surface area contributed by atoms with Gasteiger partial charge in [-0.2, -0.15) is 9.83 Å². The van der Waals surface area contributed by atoms with E-state index < -0.39 is 41.4 Å². The lowest BCUT2D eigenvalue weighted by Gasteiger charge is -2.32. The van der Waals surface area contributed by atoms with E-state index in [1.165, 1.54) is 45.2 Å². The van der Waals surface area contributed by atoms with Crippen molar-refractivity contribution in [2.45, 2.75) is 44.7 Å². The lowest BCUT2D eigenvalue weighted by molar-refractivity contribution is -0.753. The van der Waals surface area contributed by atoms with Crippen molar-refractivity contribution in [3.63, 3.8) is 0 Å². The smallest absolute Gasteiger partial charge is 0.416 e. The van der Waals surface area contributed by atoms with Crippen molar-refractivity contribution in [1.82, 2.24) is 20.1 Å². The molecule has 0 aliphatic carbocycles. The van der Waals surface area contributed by atoms with Gasteiger partial charge in [-0.25, -0.2) is 18.6 Å². The van der Waals surface area contributed by atoms with Gasteiger partial charge in [0.2, 0.25) is 12.6 Å². The van der Waals surface area contributed by atoms with E-state index in [1.807, 2.05) is 0 Å². The number of amides is 1. The van der Waals surface area contributed by atoms with Gasteiger partial charge in [-0.1, -0.05) is 36.7 Å². The molecule has 0 radical (unpaired) electrons. The Kier molecular flexibility index (Phi) is 12.0. The van der Waals surface area contributed by atoms with E-state index in [0.717, 1.165) is 23.8 Å². The molecule has 5 aromatic rings. The average Bonchev–Trinajstić information content (AvgIpc) is 3.82. The molecule has 3 atom stereocenters. The first kappa shape index (κ1) is 38.0. The molecule has 3 unspecified atom stereocenters. The van der Waals surface area contributed by atoms with Crippen LogP contribution in [0.1, 0.15) is 47.7 Å². The third kappa shape index (κ3) is 8.60. The minimum atomic E-state index is -2.05. The van der Waals surface area contributed by atoms with Crippen molar-refractivity contribution in [1.29, 1.82) is 5.26 Å². The van der Waals surface area contributed by atoms with Crippen LogP contribution in [-0.4, -0.2) is 52.6 Å². The van der Waals surface area contributed by atoms with Crippen LogP contribution in [0.4, 0.5) is 19.3 Å². The van der Waals surface area contributed by atoms with Gasteiger partial charge in [-0.05, 0) is 49.5 Å². The number of aromatic nitrogens is 4. The number of carbonyl (C=O) groups excluding carboxylic acids is 2. The van der Waals surface area contributed by atoms with Gasteiger partial charge >= 0.3 is 12.1 Å². The Hall–Kier alpha value is -5.27. The molecule has 2 N–H and O–H groups in total. The number of hydrogen-bond acceptors (Lipinski definition) is 10. The van der Waals surface area contributed by atoms with Gasteiger partial charge in [0.05, 0.1) is 34.6 Å². The highest BCUT2D eigenvalue weighted by molar-refractivity contribution is 7.10. The molecular formula is C36H35ClF2N7O5S+. The van der Waals surface area contributed by atoms with Crippen LogP contribution in [0, 0.1) is 23.0 Å². The lowest BCUT2D eigenvalue weighted by Crippen LogP contribution is -2.42. The number of aliphatic hydroxyl groups is 1. The largest absolute Gasteiger partial charge is 0.460 e. The molecule has 0 saturated carbocycles. The van der Waals surface area contributed by atoms with Crippen LogP contribution in [-0.2, 0) is 33.0 Å². The fraction of sp³-hybridized carbons (Fsp3) is 0.278. The summed E-state index contributed by atoms with van der Waals surface area (Å²) in [5.74, 6) is -2.88. The van der Waals surface area contributed by atoms with Gasteiger partial charge < -0.3 is 19.9 Å². The molecule has 12 nitrogen and oxygen atoms in total. The van der Waals surface area contributed by atoms with Crippen molar-refractivity contribution in [2.75, 3.05) is 25.5 Å². The van der Waals surface area contributed by atoms with Crippen LogP contribution in [0.3, 0.4) is 0 Å². The number of ether oxygens (including phenoxy) is 2. The summed E-state index contributed by atoms with van der Waals surface area (Å²) in [6, 6.07) is 16.6. The Bertz CT molecular complexity index is 2110. The van der Waals surface area contributed by atoms with E-state index in [-0.39, 0.29) is 25.3 Å². The highest BCUT2D eigenvalue weighted by Crippen LogP contribution is 2.41. The fourth-order valence-electron chi connectivity index (χ4n) is 5.39. The van der Waals surface area contributed by atoms with E-state index in [1.54, 1.807) is 68.7 Å². The van der Waals surface area contributed by atoms with Crippen molar-refractivity contribution < 1.29 is 37.5 Å². The molecule has 0 fully saturated rings. The number of nitriles is 1. The zero-order valence-electron chi connectivity index (χ0n) is 28.6. The lowest BCUT2D eigenvalue weighted by atomic mass is 9.82. The van der Waals surface area contributed by atoms with Gasteiger partial charge in [-0.15, -0.1) is 16.0 Å². The van der Waals surface area contributed by atoms with Gasteiger partial charge in [0.25, 0.3) is 6.33 Å². The number of anilines is 1. The van der Waals surface area contributed by atoms with Crippen LogP contribution in [0.15, 0.2) is 78.7 Å². The number of nitrogens with zero attached hydrogens (tertiary/aromatic N) is 6. The number of esters is 1. The molecule has 0 saturated heterocycles. The van der Waals surface area contributed by atoms with Crippen LogP contribution in [0.25, 0.3) is 11.3 Å². The second kappa shape index (κ2) is 16.4. The normalized spacial score (nSPS) is 13.4. The fourth-order valence-corrected chi connectivity index (χ4v) is 6.53. The number of nitrogens with one attached hydrogen (secondary N) is 1. The third-order valence-corrected chi connectivity index (χ3v) is 9.66. The number of rotatable bonds is 13. The molecule has 0 aliphatic rings. The first-order valence-electron chi connectivity index (χ1n) is 15.9. The van der Waals surface area contributed by atoms with Crippen LogP contribution < -0.4 is 14.8 Å². The number of likely N-dealkylation sites (N-methyl/N-ethyl adjacent to an activating group) is 1. The topological polar surface area (TPSA) is 146 Å². The predicted octanol–water partition coefficient (Wildman–Crippen LogP) is 5.84. The van der Waals surface area contributed by atoms with E-state index in [0.29, 0.717) is 32.5 Å². The zero-order valence-corrected chi connectivity index (χ0v) is 30.2. The number of carbonyl (C=O) groups is 2. The maximum atomic E-state index is 15.4. The molecular weight excluding hydrogens is 716 g/mol. The van der Waals surface area contributed by atoms with E-state index in [4.69, 9.17) is 31.3 Å². The number of thiazole rings is 1. The molecule has 270 valence electrons. The van der Waals surface area contributed by atoms with Crippen LogP contribution >= 0.6 is 22.9 Å². The van der Waals surface area contributed by atoms with Crippen molar-refractivity contribution in [3.05, 3.63) is 117 Å². The summed E-state index contributed by atoms with van der Waals surface area (Å²) < 4.78 is 43.6. The number of benzene rings is 3. The molecule has 16 heteroatoms. The SMILES string of the molecule is CNCC(=O)OCc1ccc(Cl)cc1N(C)C(=O)OC(C)[n+]1cnn(CC(O)(c2cc(F)ccc2F)C(C)c2nc(-c3ccc(C#N)cc3)cs2)c1. The Morgan fingerprint density at radius 2 is 1.92 bits per heavy atom. The quantitative estimate of drug-likeness (QED) is 0.112. The highest BCUT2D eigenvalue weighted by atomic mass is 35.5.